The van der Waals surface area contributed by atoms with Crippen LogP contribution in [0.15, 0.2) is 18.2 Å². The Morgan fingerprint density at radius 2 is 1.80 bits per heavy atom. The van der Waals surface area contributed by atoms with Crippen molar-refractivity contribution in [3.8, 4) is 0 Å². The molecular formula is C15H21N3O2. The molecule has 1 aromatic rings. The monoisotopic (exact) mass is 275 g/mol. The summed E-state index contributed by atoms with van der Waals surface area (Å²) in [6, 6.07) is 5.64. The molecule has 0 spiro atoms. The van der Waals surface area contributed by atoms with Crippen LogP contribution in [0.25, 0.3) is 0 Å². The van der Waals surface area contributed by atoms with Crippen molar-refractivity contribution in [2.45, 2.75) is 27.3 Å². The Morgan fingerprint density at radius 1 is 1.15 bits per heavy atom. The van der Waals surface area contributed by atoms with Gasteiger partial charge in [-0.3, -0.25) is 9.59 Å². The van der Waals surface area contributed by atoms with Gasteiger partial charge in [0.05, 0.1) is 11.4 Å². The standard InChI is InChI=1S/C15H21N3O2/c1-5-18-11-7-6-10(9-16)8-12(11)17(4)13(19)15(2,3)14(18)20/h6-8H,5,9,16H2,1-4H3. The molecule has 2 amide bonds. The van der Waals surface area contributed by atoms with Gasteiger partial charge in [0, 0.05) is 20.1 Å². The third-order valence-electron chi connectivity index (χ3n) is 3.86. The Morgan fingerprint density at radius 3 is 2.35 bits per heavy atom. The first-order valence-electron chi connectivity index (χ1n) is 6.77. The molecule has 0 unspecified atom stereocenters. The van der Waals surface area contributed by atoms with Gasteiger partial charge in [0.25, 0.3) is 0 Å². The largest absolute Gasteiger partial charge is 0.326 e. The fourth-order valence-electron chi connectivity index (χ4n) is 2.57. The maximum atomic E-state index is 12.6. The van der Waals surface area contributed by atoms with Crippen LogP contribution in [0.3, 0.4) is 0 Å². The number of hydrogen-bond acceptors (Lipinski definition) is 3. The predicted molar refractivity (Wildman–Crippen MR) is 79.6 cm³/mol. The Labute approximate surface area is 119 Å². The van der Waals surface area contributed by atoms with Crippen molar-refractivity contribution in [2.24, 2.45) is 11.1 Å². The maximum absolute atomic E-state index is 12.6. The van der Waals surface area contributed by atoms with E-state index in [9.17, 15) is 9.59 Å². The quantitative estimate of drug-likeness (QED) is 0.832. The van der Waals surface area contributed by atoms with Gasteiger partial charge < -0.3 is 15.5 Å². The summed E-state index contributed by atoms with van der Waals surface area (Å²) in [6.45, 7) is 6.18. The molecule has 2 N–H and O–H groups in total. The molecule has 0 saturated carbocycles. The van der Waals surface area contributed by atoms with Crippen LogP contribution in [0.1, 0.15) is 26.3 Å². The number of hydrogen-bond donors (Lipinski definition) is 1. The van der Waals surface area contributed by atoms with Gasteiger partial charge in [-0.15, -0.1) is 0 Å². The normalized spacial score (nSPS) is 18.1. The van der Waals surface area contributed by atoms with Crippen molar-refractivity contribution in [1.82, 2.24) is 0 Å². The first kappa shape index (κ1) is 14.5. The molecule has 0 aliphatic carbocycles. The number of carbonyl (C=O) groups is 2. The van der Waals surface area contributed by atoms with Crippen molar-refractivity contribution < 1.29 is 9.59 Å². The first-order valence-corrected chi connectivity index (χ1v) is 6.77. The molecule has 5 heteroatoms. The average Bonchev–Trinajstić information content (AvgIpc) is 2.50. The fourth-order valence-corrected chi connectivity index (χ4v) is 2.57. The van der Waals surface area contributed by atoms with Crippen LogP contribution in [0.5, 0.6) is 0 Å². The molecule has 2 rings (SSSR count). The van der Waals surface area contributed by atoms with Gasteiger partial charge in [0.1, 0.15) is 5.41 Å². The van der Waals surface area contributed by atoms with Crippen LogP contribution in [-0.2, 0) is 16.1 Å². The Kier molecular flexibility index (Phi) is 3.56. The Hall–Kier alpha value is -1.88. The molecule has 0 aromatic heterocycles. The number of carbonyl (C=O) groups excluding carboxylic acids is 2. The summed E-state index contributed by atoms with van der Waals surface area (Å²) in [5.74, 6) is -0.370. The lowest BCUT2D eigenvalue weighted by Gasteiger charge is -2.27. The summed E-state index contributed by atoms with van der Waals surface area (Å²) in [5.41, 5.74) is 7.03. The van der Waals surface area contributed by atoms with Gasteiger partial charge in [0.15, 0.2) is 0 Å². The lowest BCUT2D eigenvalue weighted by molar-refractivity contribution is -0.137. The Bertz CT molecular complexity index is 566. The molecule has 20 heavy (non-hydrogen) atoms. The number of anilines is 2. The number of benzene rings is 1. The minimum atomic E-state index is -1.06. The van der Waals surface area contributed by atoms with Crippen molar-refractivity contribution in [3.05, 3.63) is 23.8 Å². The van der Waals surface area contributed by atoms with Crippen LogP contribution in [0.2, 0.25) is 0 Å². The molecule has 0 atom stereocenters. The van der Waals surface area contributed by atoms with E-state index in [4.69, 9.17) is 5.73 Å². The van der Waals surface area contributed by atoms with Crippen molar-refractivity contribution in [2.75, 3.05) is 23.4 Å². The molecule has 0 bridgehead atoms. The van der Waals surface area contributed by atoms with E-state index in [0.29, 0.717) is 13.1 Å². The van der Waals surface area contributed by atoms with E-state index < -0.39 is 5.41 Å². The predicted octanol–water partition coefficient (Wildman–Crippen LogP) is 1.50. The third kappa shape index (κ3) is 1.98. The van der Waals surface area contributed by atoms with Gasteiger partial charge in [-0.2, -0.15) is 0 Å². The minimum absolute atomic E-state index is 0.170. The lowest BCUT2D eigenvalue weighted by Crippen LogP contribution is -2.47. The second kappa shape index (κ2) is 4.90. The molecular weight excluding hydrogens is 254 g/mol. The van der Waals surface area contributed by atoms with Gasteiger partial charge >= 0.3 is 0 Å². The SMILES string of the molecule is CCN1C(=O)C(C)(C)C(=O)N(C)c2cc(CN)ccc21. The lowest BCUT2D eigenvalue weighted by atomic mass is 9.90. The van der Waals surface area contributed by atoms with E-state index >= 15 is 0 Å². The summed E-state index contributed by atoms with van der Waals surface area (Å²) in [4.78, 5) is 28.4. The van der Waals surface area contributed by atoms with Crippen molar-refractivity contribution >= 4 is 23.2 Å². The second-order valence-electron chi connectivity index (χ2n) is 5.57. The zero-order valence-corrected chi connectivity index (χ0v) is 12.4. The smallest absolute Gasteiger partial charge is 0.242 e. The summed E-state index contributed by atoms with van der Waals surface area (Å²) < 4.78 is 0. The van der Waals surface area contributed by atoms with Gasteiger partial charge in [-0.25, -0.2) is 0 Å². The van der Waals surface area contributed by atoms with Crippen molar-refractivity contribution in [3.63, 3.8) is 0 Å². The molecule has 1 aliphatic rings. The second-order valence-corrected chi connectivity index (χ2v) is 5.57. The van der Waals surface area contributed by atoms with Crippen LogP contribution in [0.4, 0.5) is 11.4 Å². The molecule has 5 nitrogen and oxygen atoms in total. The molecule has 0 radical (unpaired) electrons. The number of nitrogens with two attached hydrogens (primary N) is 1. The van der Waals surface area contributed by atoms with Crippen LogP contribution < -0.4 is 15.5 Å². The van der Waals surface area contributed by atoms with Gasteiger partial charge in [0.2, 0.25) is 11.8 Å². The summed E-state index contributed by atoms with van der Waals surface area (Å²) in [6.07, 6.45) is 0. The molecule has 0 fully saturated rings. The van der Waals surface area contributed by atoms with Gasteiger partial charge in [-0.1, -0.05) is 6.07 Å². The number of nitrogens with zero attached hydrogens (tertiary/aromatic N) is 2. The average molecular weight is 275 g/mol. The number of fused-ring (bicyclic) bond motifs is 1. The zero-order valence-electron chi connectivity index (χ0n) is 12.4. The zero-order chi connectivity index (χ0) is 15.1. The van der Waals surface area contributed by atoms with Crippen molar-refractivity contribution in [1.29, 1.82) is 0 Å². The minimum Gasteiger partial charge on any atom is -0.326 e. The maximum Gasteiger partial charge on any atom is 0.242 e. The fraction of sp³-hybridized carbons (Fsp3) is 0.467. The summed E-state index contributed by atoms with van der Waals surface area (Å²) >= 11 is 0. The highest BCUT2D eigenvalue weighted by Crippen LogP contribution is 2.38. The van der Waals surface area contributed by atoms with Gasteiger partial charge in [-0.05, 0) is 38.5 Å². The van der Waals surface area contributed by atoms with E-state index in [1.807, 2.05) is 25.1 Å². The first-order chi connectivity index (χ1) is 9.34. The van der Waals surface area contributed by atoms with E-state index in [-0.39, 0.29) is 11.8 Å². The highest BCUT2D eigenvalue weighted by Gasteiger charge is 2.44. The third-order valence-corrected chi connectivity index (χ3v) is 3.86. The highest BCUT2D eigenvalue weighted by molar-refractivity contribution is 6.19. The van der Waals surface area contributed by atoms with Crippen LogP contribution >= 0.6 is 0 Å². The molecule has 0 saturated heterocycles. The molecule has 108 valence electrons. The molecule has 1 heterocycles. The topological polar surface area (TPSA) is 66.6 Å². The van der Waals surface area contributed by atoms with Crippen LogP contribution in [-0.4, -0.2) is 25.4 Å². The molecule has 1 aliphatic heterocycles. The number of amides is 2. The van der Waals surface area contributed by atoms with E-state index in [1.54, 1.807) is 30.7 Å². The molecule has 1 aromatic carbocycles. The Balaban J connectivity index is 2.69. The highest BCUT2D eigenvalue weighted by atomic mass is 16.2. The van der Waals surface area contributed by atoms with Crippen LogP contribution in [0, 0.1) is 5.41 Å². The van der Waals surface area contributed by atoms with E-state index in [1.165, 1.54) is 0 Å². The van der Waals surface area contributed by atoms with E-state index in [0.717, 1.165) is 16.9 Å². The number of rotatable bonds is 2. The summed E-state index contributed by atoms with van der Waals surface area (Å²) in [5, 5.41) is 0. The summed E-state index contributed by atoms with van der Waals surface area (Å²) in [7, 11) is 1.70. The van der Waals surface area contributed by atoms with E-state index in [2.05, 4.69) is 0 Å².